The number of azide groups is 1. The van der Waals surface area contributed by atoms with Crippen LogP contribution in [0, 0.1) is 0 Å². The molecule has 49 heavy (non-hydrogen) atoms. The first-order valence-corrected chi connectivity index (χ1v) is 23.3. The van der Waals surface area contributed by atoms with Gasteiger partial charge in [-0.25, -0.2) is 0 Å². The van der Waals surface area contributed by atoms with Gasteiger partial charge in [-0.2, -0.15) is 0 Å². The minimum absolute atomic E-state index is 0.0664. The van der Waals surface area contributed by atoms with Crippen molar-refractivity contribution in [3.05, 3.63) is 131 Å². The Morgan fingerprint density at radius 2 is 1.10 bits per heavy atom. The van der Waals surface area contributed by atoms with Gasteiger partial charge in [-0.15, -0.1) is 6.58 Å². The summed E-state index contributed by atoms with van der Waals surface area (Å²) in [4.78, 5) is 3.40. The fourth-order valence-electron chi connectivity index (χ4n) is 5.99. The molecule has 0 unspecified atom stereocenters. The van der Waals surface area contributed by atoms with Crippen molar-refractivity contribution >= 4 is 16.6 Å². The summed E-state index contributed by atoms with van der Waals surface area (Å²) >= 11 is 0. The summed E-state index contributed by atoms with van der Waals surface area (Å²) < 4.78 is 28.7. The van der Waals surface area contributed by atoms with E-state index in [1.807, 2.05) is 60.7 Å². The molecule has 0 aromatic heterocycles. The zero-order chi connectivity index (χ0) is 36.1. The van der Waals surface area contributed by atoms with Gasteiger partial charge in [0.15, 0.2) is 16.6 Å². The zero-order valence-electron chi connectivity index (χ0n) is 31.2. The summed E-state index contributed by atoms with van der Waals surface area (Å²) in [6, 6.07) is 30.3. The highest BCUT2D eigenvalue weighted by atomic mass is 28.4. The molecule has 0 saturated carbocycles. The van der Waals surface area contributed by atoms with Gasteiger partial charge in [-0.1, -0.05) is 144 Å². The molecular weight excluding hydrogens is 643 g/mol. The normalized spacial score (nSPS) is 22.3. The summed E-state index contributed by atoms with van der Waals surface area (Å²) in [7, 11) is -4.75. The zero-order valence-corrected chi connectivity index (χ0v) is 33.2. The first-order chi connectivity index (χ1) is 23.0. The van der Waals surface area contributed by atoms with Crippen molar-refractivity contribution in [1.82, 2.24) is 0 Å². The van der Waals surface area contributed by atoms with E-state index < -0.39 is 52.7 Å². The number of hydrogen-bond acceptors (Lipinski definition) is 5. The van der Waals surface area contributed by atoms with Crippen LogP contribution >= 0.6 is 0 Å². The van der Waals surface area contributed by atoms with Gasteiger partial charge in [-0.05, 0) is 64.9 Å². The second kappa shape index (κ2) is 15.5. The van der Waals surface area contributed by atoms with Crippen molar-refractivity contribution < 1.29 is 18.3 Å². The predicted molar refractivity (Wildman–Crippen MR) is 206 cm³/mol. The molecule has 1 aliphatic rings. The molecule has 0 bridgehead atoms. The summed E-state index contributed by atoms with van der Waals surface area (Å²) in [5.74, 6) is 0. The highest BCUT2D eigenvalue weighted by molar-refractivity contribution is 6.74. The predicted octanol–water partition coefficient (Wildman–Crippen LogP) is 10.8. The fraction of sp³-hybridized carbons (Fsp3) is 0.500. The molecule has 3 aromatic rings. The van der Waals surface area contributed by atoms with Gasteiger partial charge < -0.3 is 18.3 Å². The second-order valence-corrected chi connectivity index (χ2v) is 25.7. The Hall–Kier alpha value is -3.02. The molecule has 5 atom stereocenters. The third-order valence-electron chi connectivity index (χ3n) is 10.8. The van der Waals surface area contributed by atoms with Crippen LogP contribution < -0.4 is 0 Å². The number of ether oxygens (including phenoxy) is 2. The van der Waals surface area contributed by atoms with Crippen LogP contribution in [0.15, 0.2) is 109 Å². The van der Waals surface area contributed by atoms with Gasteiger partial charge in [0.2, 0.25) is 0 Å². The van der Waals surface area contributed by atoms with Crippen molar-refractivity contribution in [1.29, 1.82) is 0 Å². The lowest BCUT2D eigenvalue weighted by atomic mass is 9.80. The van der Waals surface area contributed by atoms with Crippen LogP contribution in [-0.4, -0.2) is 53.7 Å². The molecule has 0 spiro atoms. The van der Waals surface area contributed by atoms with Crippen LogP contribution in [0.2, 0.25) is 36.3 Å². The highest BCUT2D eigenvalue weighted by Gasteiger charge is 2.53. The fourth-order valence-corrected chi connectivity index (χ4v) is 8.64. The molecule has 7 nitrogen and oxygen atoms in total. The van der Waals surface area contributed by atoms with Crippen molar-refractivity contribution in [2.24, 2.45) is 5.11 Å². The second-order valence-electron chi connectivity index (χ2n) is 16.2. The Labute approximate surface area is 296 Å². The molecule has 264 valence electrons. The molecule has 1 heterocycles. The van der Waals surface area contributed by atoms with E-state index in [9.17, 15) is 5.53 Å². The molecule has 9 heteroatoms. The summed E-state index contributed by atoms with van der Waals surface area (Å²) in [6.45, 7) is 26.4. The van der Waals surface area contributed by atoms with Crippen molar-refractivity contribution in [2.45, 2.75) is 120 Å². The molecule has 3 aromatic carbocycles. The Bertz CT molecular complexity index is 1450. The maximum Gasteiger partial charge on any atom is 0.192 e. The molecule has 0 radical (unpaired) electrons. The van der Waals surface area contributed by atoms with Crippen molar-refractivity contribution in [2.75, 3.05) is 6.61 Å². The van der Waals surface area contributed by atoms with Gasteiger partial charge in [-0.3, -0.25) is 0 Å². The first-order valence-electron chi connectivity index (χ1n) is 17.5. The van der Waals surface area contributed by atoms with Gasteiger partial charge in [0.25, 0.3) is 0 Å². The molecule has 0 aliphatic carbocycles. The minimum atomic E-state index is -2.42. The van der Waals surface area contributed by atoms with E-state index >= 15 is 0 Å². The van der Waals surface area contributed by atoms with Gasteiger partial charge >= 0.3 is 0 Å². The lowest BCUT2D eigenvalue weighted by Gasteiger charge is -2.52. The van der Waals surface area contributed by atoms with Crippen LogP contribution in [0.25, 0.3) is 10.4 Å². The number of rotatable bonds is 13. The SMILES string of the molecule is C=CC[C@H]1O[C@H](COC(c2ccccc2)(c2ccccc2)c2ccccc2)[C@@H](O[Si](C)(C)C(C)(C)C)[C@H](N=[N+]=[N-])[C@H]1O[Si](C)(C)C(C)(C)C. The third-order valence-corrected chi connectivity index (χ3v) is 19.8. The summed E-state index contributed by atoms with van der Waals surface area (Å²) in [5.41, 5.74) is 12.1. The Kier molecular flexibility index (Phi) is 12.2. The highest BCUT2D eigenvalue weighted by Crippen LogP contribution is 2.45. The van der Waals surface area contributed by atoms with E-state index in [1.165, 1.54) is 0 Å². The lowest BCUT2D eigenvalue weighted by Crippen LogP contribution is -2.64. The average molecular weight is 700 g/mol. The van der Waals surface area contributed by atoms with Crippen molar-refractivity contribution in [3.63, 3.8) is 0 Å². The quantitative estimate of drug-likeness (QED) is 0.0444. The van der Waals surface area contributed by atoms with Gasteiger partial charge in [0.05, 0.1) is 31.0 Å². The molecule has 1 aliphatic heterocycles. The number of benzene rings is 3. The molecule has 4 rings (SSSR count). The Morgan fingerprint density at radius 3 is 1.45 bits per heavy atom. The van der Waals surface area contributed by atoms with Crippen LogP contribution in [0.3, 0.4) is 0 Å². The topological polar surface area (TPSA) is 85.7 Å². The monoisotopic (exact) mass is 699 g/mol. The molecule has 1 saturated heterocycles. The summed E-state index contributed by atoms with van der Waals surface area (Å²) in [5, 5.41) is 4.32. The van der Waals surface area contributed by atoms with E-state index in [2.05, 4.69) is 121 Å². The molecule has 1 fully saturated rings. The van der Waals surface area contributed by atoms with E-state index in [-0.39, 0.29) is 16.7 Å². The minimum Gasteiger partial charge on any atom is -0.411 e. The lowest BCUT2D eigenvalue weighted by molar-refractivity contribution is -0.193. The van der Waals surface area contributed by atoms with Crippen LogP contribution in [0.4, 0.5) is 0 Å². The molecule has 0 N–H and O–H groups in total. The average Bonchev–Trinajstić information content (AvgIpc) is 3.05. The van der Waals surface area contributed by atoms with Crippen LogP contribution in [0.1, 0.15) is 64.7 Å². The van der Waals surface area contributed by atoms with E-state index in [0.29, 0.717) is 6.42 Å². The van der Waals surface area contributed by atoms with Gasteiger partial charge in [0.1, 0.15) is 11.7 Å². The first kappa shape index (κ1) is 38.8. The molecule has 0 amide bonds. The number of nitrogens with zero attached hydrogens (tertiary/aromatic N) is 3. The van der Waals surface area contributed by atoms with Crippen LogP contribution in [-0.2, 0) is 23.9 Å². The van der Waals surface area contributed by atoms with E-state index in [4.69, 9.17) is 18.3 Å². The Balaban J connectivity index is 1.89. The Morgan fingerprint density at radius 1 is 0.714 bits per heavy atom. The van der Waals surface area contributed by atoms with Crippen LogP contribution in [0.5, 0.6) is 0 Å². The summed E-state index contributed by atoms with van der Waals surface area (Å²) in [6.07, 6.45) is 0.297. The van der Waals surface area contributed by atoms with Crippen molar-refractivity contribution in [3.8, 4) is 0 Å². The van der Waals surface area contributed by atoms with Gasteiger partial charge in [0, 0.05) is 4.91 Å². The maximum atomic E-state index is 10.1. The third kappa shape index (κ3) is 8.48. The number of hydrogen-bond donors (Lipinski definition) is 0. The smallest absolute Gasteiger partial charge is 0.192 e. The standard InChI is InChI=1S/C40H57N3O4Si2/c1-12-22-33-36(46-48(8,9)38(2,3)4)35(42-43-41)37(47-49(10,11)39(5,6)7)34(45-33)29-44-40(30-23-16-13-17-24-30,31-25-18-14-19-26-31)32-27-20-15-21-28-32/h12-21,23-28,33-37H,1,22,29H2,2-11H3/t33-,34-,35-,36+,37-/m1/s1. The maximum absolute atomic E-state index is 10.1. The largest absolute Gasteiger partial charge is 0.411 e. The molecular formula is C40H57N3O4Si2. The van der Waals surface area contributed by atoms with E-state index in [0.717, 1.165) is 16.7 Å². The van der Waals surface area contributed by atoms with E-state index in [1.54, 1.807) is 0 Å².